The molecule has 1 heterocycles. The molecule has 0 unspecified atom stereocenters. The van der Waals surface area contributed by atoms with Crippen LogP contribution in [0.25, 0.3) is 10.9 Å². The lowest BCUT2D eigenvalue weighted by Gasteiger charge is -2.21. The zero-order valence-electron chi connectivity index (χ0n) is 11.6. The summed E-state index contributed by atoms with van der Waals surface area (Å²) in [6.45, 7) is 4.74. The fourth-order valence-corrected chi connectivity index (χ4v) is 2.19. The minimum Gasteiger partial charge on any atom is -0.369 e. The third-order valence-electron chi connectivity index (χ3n) is 2.98. The standard InChI is InChI=1S/C13H16N4O3/c1-8(2)6-16(3)11-5-10-9(4-12(11)17(19)20)13(18)15-7-14-10/h4-5,7-8H,6H2,1-3H3,(H,14,15,18). The second-order valence-electron chi connectivity index (χ2n) is 5.12. The molecule has 7 heteroatoms. The van der Waals surface area contributed by atoms with Crippen molar-refractivity contribution in [1.29, 1.82) is 0 Å². The van der Waals surface area contributed by atoms with Gasteiger partial charge in [0.2, 0.25) is 0 Å². The molecule has 0 bridgehead atoms. The summed E-state index contributed by atoms with van der Waals surface area (Å²) >= 11 is 0. The Kier molecular flexibility index (Phi) is 3.69. The van der Waals surface area contributed by atoms with E-state index in [2.05, 4.69) is 9.97 Å². The quantitative estimate of drug-likeness (QED) is 0.680. The number of anilines is 1. The second-order valence-corrected chi connectivity index (χ2v) is 5.12. The molecule has 1 aromatic heterocycles. The Morgan fingerprint density at radius 1 is 1.45 bits per heavy atom. The van der Waals surface area contributed by atoms with Crippen LogP contribution >= 0.6 is 0 Å². The molecule has 0 fully saturated rings. The third-order valence-corrected chi connectivity index (χ3v) is 2.98. The Morgan fingerprint density at radius 2 is 2.15 bits per heavy atom. The highest BCUT2D eigenvalue weighted by atomic mass is 16.6. The van der Waals surface area contributed by atoms with Crippen LogP contribution in [0.4, 0.5) is 11.4 Å². The fourth-order valence-electron chi connectivity index (χ4n) is 2.19. The van der Waals surface area contributed by atoms with E-state index in [0.717, 1.165) is 0 Å². The first-order valence-electron chi connectivity index (χ1n) is 6.27. The topological polar surface area (TPSA) is 92.1 Å². The molecule has 0 aliphatic rings. The maximum atomic E-state index is 11.7. The summed E-state index contributed by atoms with van der Waals surface area (Å²) in [6.07, 6.45) is 1.29. The van der Waals surface area contributed by atoms with Crippen LogP contribution in [-0.4, -0.2) is 28.5 Å². The number of nitrogens with zero attached hydrogens (tertiary/aromatic N) is 3. The van der Waals surface area contributed by atoms with Gasteiger partial charge in [0.05, 0.1) is 22.2 Å². The maximum Gasteiger partial charge on any atom is 0.293 e. The number of aromatic amines is 1. The number of aromatic nitrogens is 2. The number of benzene rings is 1. The van der Waals surface area contributed by atoms with Gasteiger partial charge in [-0.3, -0.25) is 14.9 Å². The summed E-state index contributed by atoms with van der Waals surface area (Å²) in [7, 11) is 1.79. The molecule has 2 aromatic rings. The van der Waals surface area contributed by atoms with Crippen LogP contribution in [-0.2, 0) is 0 Å². The minimum atomic E-state index is -0.474. The lowest BCUT2D eigenvalue weighted by atomic mass is 10.1. The van der Waals surface area contributed by atoms with E-state index in [4.69, 9.17) is 0 Å². The monoisotopic (exact) mass is 276 g/mol. The van der Waals surface area contributed by atoms with Crippen molar-refractivity contribution in [3.8, 4) is 0 Å². The normalized spacial score (nSPS) is 11.0. The molecule has 20 heavy (non-hydrogen) atoms. The van der Waals surface area contributed by atoms with E-state index in [-0.39, 0.29) is 16.6 Å². The smallest absolute Gasteiger partial charge is 0.293 e. The molecular formula is C13H16N4O3. The number of nitro benzene ring substituents is 1. The average Bonchev–Trinajstić information content (AvgIpc) is 2.36. The van der Waals surface area contributed by atoms with Gasteiger partial charge in [-0.05, 0) is 12.0 Å². The number of H-pyrrole nitrogens is 1. The molecule has 0 atom stereocenters. The minimum absolute atomic E-state index is 0.0841. The van der Waals surface area contributed by atoms with Crippen LogP contribution in [0.1, 0.15) is 13.8 Å². The molecule has 0 amide bonds. The zero-order chi connectivity index (χ0) is 14.9. The van der Waals surface area contributed by atoms with Gasteiger partial charge in [0.1, 0.15) is 5.69 Å². The van der Waals surface area contributed by atoms with Crippen LogP contribution < -0.4 is 10.5 Å². The van der Waals surface area contributed by atoms with Gasteiger partial charge in [-0.2, -0.15) is 0 Å². The first-order chi connectivity index (χ1) is 9.40. The van der Waals surface area contributed by atoms with Crippen LogP contribution in [0.15, 0.2) is 23.3 Å². The van der Waals surface area contributed by atoms with E-state index >= 15 is 0 Å². The fraction of sp³-hybridized carbons (Fsp3) is 0.385. The molecule has 7 nitrogen and oxygen atoms in total. The molecule has 106 valence electrons. The van der Waals surface area contributed by atoms with Crippen LogP contribution in [0.5, 0.6) is 0 Å². The molecule has 1 aromatic carbocycles. The highest BCUT2D eigenvalue weighted by Gasteiger charge is 2.20. The van der Waals surface area contributed by atoms with Crippen molar-refractivity contribution in [2.45, 2.75) is 13.8 Å². The van der Waals surface area contributed by atoms with E-state index in [9.17, 15) is 14.9 Å². The lowest BCUT2D eigenvalue weighted by molar-refractivity contribution is -0.384. The van der Waals surface area contributed by atoms with Crippen molar-refractivity contribution >= 4 is 22.3 Å². The summed E-state index contributed by atoms with van der Waals surface area (Å²) in [6, 6.07) is 2.87. The summed E-state index contributed by atoms with van der Waals surface area (Å²) < 4.78 is 0. The van der Waals surface area contributed by atoms with E-state index in [1.807, 2.05) is 18.7 Å². The Hall–Kier alpha value is -2.44. The largest absolute Gasteiger partial charge is 0.369 e. The Morgan fingerprint density at radius 3 is 2.75 bits per heavy atom. The lowest BCUT2D eigenvalue weighted by Crippen LogP contribution is -2.23. The Labute approximate surface area is 115 Å². The summed E-state index contributed by atoms with van der Waals surface area (Å²) in [4.78, 5) is 30.7. The van der Waals surface area contributed by atoms with Gasteiger partial charge in [-0.1, -0.05) is 13.8 Å². The van der Waals surface area contributed by atoms with E-state index < -0.39 is 4.92 Å². The van der Waals surface area contributed by atoms with Crippen molar-refractivity contribution in [3.05, 3.63) is 38.9 Å². The molecule has 0 saturated carbocycles. The van der Waals surface area contributed by atoms with Gasteiger partial charge in [0, 0.05) is 19.7 Å². The number of nitro groups is 1. The van der Waals surface area contributed by atoms with E-state index in [1.165, 1.54) is 12.4 Å². The maximum absolute atomic E-state index is 11.7. The Balaban J connectivity index is 2.66. The van der Waals surface area contributed by atoms with Gasteiger partial charge < -0.3 is 9.88 Å². The van der Waals surface area contributed by atoms with Gasteiger partial charge in [-0.25, -0.2) is 4.98 Å². The number of hydrogen-bond acceptors (Lipinski definition) is 5. The van der Waals surface area contributed by atoms with Crippen LogP contribution in [0.2, 0.25) is 0 Å². The second kappa shape index (κ2) is 5.28. The molecule has 0 aliphatic carbocycles. The molecular weight excluding hydrogens is 260 g/mol. The number of fused-ring (bicyclic) bond motifs is 1. The van der Waals surface area contributed by atoms with Crippen molar-refractivity contribution in [1.82, 2.24) is 9.97 Å². The van der Waals surface area contributed by atoms with Gasteiger partial charge >= 0.3 is 0 Å². The van der Waals surface area contributed by atoms with Crippen LogP contribution in [0, 0.1) is 16.0 Å². The van der Waals surface area contributed by atoms with Gasteiger partial charge in [-0.15, -0.1) is 0 Å². The number of hydrogen-bond donors (Lipinski definition) is 1. The SMILES string of the molecule is CC(C)CN(C)c1cc2nc[nH]c(=O)c2cc1[N+](=O)[O-]. The third kappa shape index (κ3) is 2.61. The molecule has 0 saturated heterocycles. The van der Waals surface area contributed by atoms with Crippen molar-refractivity contribution in [2.75, 3.05) is 18.5 Å². The summed E-state index contributed by atoms with van der Waals surface area (Å²) in [5.74, 6) is 0.363. The number of nitrogens with one attached hydrogen (secondary N) is 1. The summed E-state index contributed by atoms with van der Waals surface area (Å²) in [5, 5.41) is 11.4. The average molecular weight is 276 g/mol. The first-order valence-corrected chi connectivity index (χ1v) is 6.27. The van der Waals surface area contributed by atoms with Crippen molar-refractivity contribution in [3.63, 3.8) is 0 Å². The highest BCUT2D eigenvalue weighted by molar-refractivity contribution is 5.86. The molecule has 1 N–H and O–H groups in total. The van der Waals surface area contributed by atoms with Crippen molar-refractivity contribution < 1.29 is 4.92 Å². The molecule has 0 aliphatic heterocycles. The molecule has 2 rings (SSSR count). The predicted molar refractivity (Wildman–Crippen MR) is 77.1 cm³/mol. The number of rotatable bonds is 4. The zero-order valence-corrected chi connectivity index (χ0v) is 11.6. The first kappa shape index (κ1) is 14.0. The van der Waals surface area contributed by atoms with E-state index in [1.54, 1.807) is 13.1 Å². The van der Waals surface area contributed by atoms with Crippen LogP contribution in [0.3, 0.4) is 0 Å². The van der Waals surface area contributed by atoms with E-state index in [0.29, 0.717) is 23.7 Å². The predicted octanol–water partition coefficient (Wildman–Crippen LogP) is 1.92. The van der Waals surface area contributed by atoms with Gasteiger partial charge in [0.15, 0.2) is 0 Å². The highest BCUT2D eigenvalue weighted by Crippen LogP contribution is 2.30. The molecule has 0 radical (unpaired) electrons. The van der Waals surface area contributed by atoms with Gasteiger partial charge in [0.25, 0.3) is 11.2 Å². The van der Waals surface area contributed by atoms with Crippen molar-refractivity contribution in [2.24, 2.45) is 5.92 Å². The molecule has 0 spiro atoms. The summed E-state index contributed by atoms with van der Waals surface area (Å²) in [5.41, 5.74) is 0.453. The Bertz CT molecular complexity index is 708.